The third kappa shape index (κ3) is 1.82. The first-order valence-electron chi connectivity index (χ1n) is 6.24. The summed E-state index contributed by atoms with van der Waals surface area (Å²) in [5.74, 6) is 0.233. The zero-order chi connectivity index (χ0) is 12.9. The molecule has 0 aromatic rings. The molecule has 0 radical (unpaired) electrons. The number of nitrogens with zero attached hydrogens (tertiary/aromatic N) is 1. The van der Waals surface area contributed by atoms with Crippen molar-refractivity contribution in [2.45, 2.75) is 25.9 Å². The van der Waals surface area contributed by atoms with Crippen molar-refractivity contribution >= 4 is 5.71 Å². The zero-order valence-electron chi connectivity index (χ0n) is 10.7. The lowest BCUT2D eigenvalue weighted by Gasteiger charge is -2.29. The second-order valence-corrected chi connectivity index (χ2v) is 5.64. The first-order valence-corrected chi connectivity index (χ1v) is 6.24. The summed E-state index contributed by atoms with van der Waals surface area (Å²) in [4.78, 5) is 4.56. The minimum absolute atomic E-state index is 0.233. The summed E-state index contributed by atoms with van der Waals surface area (Å²) < 4.78 is 5.45. The van der Waals surface area contributed by atoms with Crippen LogP contribution < -0.4 is 5.73 Å². The molecule has 0 aromatic carbocycles. The van der Waals surface area contributed by atoms with Gasteiger partial charge in [0, 0.05) is 11.6 Å². The van der Waals surface area contributed by atoms with Gasteiger partial charge in [-0.15, -0.1) is 0 Å². The minimum Gasteiger partial charge on any atom is -0.397 e. The van der Waals surface area contributed by atoms with Gasteiger partial charge in [-0.2, -0.15) is 0 Å². The molecule has 0 bridgehead atoms. The Morgan fingerprint density at radius 3 is 2.94 bits per heavy atom. The smallest absolute Gasteiger partial charge is 0.103 e. The lowest BCUT2D eigenvalue weighted by molar-refractivity contribution is 0.154. The fourth-order valence-electron chi connectivity index (χ4n) is 2.71. The van der Waals surface area contributed by atoms with Gasteiger partial charge in [0.05, 0.1) is 24.6 Å². The van der Waals surface area contributed by atoms with E-state index in [1.54, 1.807) is 13.8 Å². The molecule has 3 N–H and O–H groups in total. The summed E-state index contributed by atoms with van der Waals surface area (Å²) in [5.41, 5.74) is 9.74. The minimum atomic E-state index is -1.01. The normalized spacial score (nSPS) is 27.3. The highest BCUT2D eigenvalue weighted by molar-refractivity contribution is 6.06. The van der Waals surface area contributed by atoms with Crippen LogP contribution in [0.25, 0.3) is 0 Å². The van der Waals surface area contributed by atoms with Gasteiger partial charge in [0.15, 0.2) is 0 Å². The van der Waals surface area contributed by atoms with Crippen LogP contribution in [0.2, 0.25) is 0 Å². The number of rotatable bonds is 1. The average molecular weight is 246 g/mol. The van der Waals surface area contributed by atoms with Crippen LogP contribution in [0, 0.1) is 5.92 Å². The molecule has 0 fully saturated rings. The Morgan fingerprint density at radius 1 is 1.44 bits per heavy atom. The maximum absolute atomic E-state index is 10.1. The van der Waals surface area contributed by atoms with Crippen molar-refractivity contribution in [1.29, 1.82) is 0 Å². The SMILES string of the molecule is CC(C)(O)C1=NC2=CC3=C(COC3)CC2C=C1N. The molecule has 0 aromatic heterocycles. The Kier molecular flexibility index (Phi) is 2.47. The van der Waals surface area contributed by atoms with Crippen molar-refractivity contribution in [2.24, 2.45) is 16.6 Å². The van der Waals surface area contributed by atoms with E-state index in [9.17, 15) is 5.11 Å². The van der Waals surface area contributed by atoms with Crippen molar-refractivity contribution in [3.05, 3.63) is 34.7 Å². The van der Waals surface area contributed by atoms with Crippen molar-refractivity contribution in [3.8, 4) is 0 Å². The highest BCUT2D eigenvalue weighted by atomic mass is 16.5. The largest absolute Gasteiger partial charge is 0.397 e. The van der Waals surface area contributed by atoms with E-state index in [4.69, 9.17) is 10.5 Å². The summed E-state index contributed by atoms with van der Waals surface area (Å²) in [6, 6.07) is 0. The van der Waals surface area contributed by atoms with Crippen molar-refractivity contribution in [1.82, 2.24) is 0 Å². The molecule has 2 heterocycles. The van der Waals surface area contributed by atoms with Crippen LogP contribution in [0.4, 0.5) is 0 Å². The van der Waals surface area contributed by atoms with E-state index < -0.39 is 5.60 Å². The Labute approximate surface area is 107 Å². The van der Waals surface area contributed by atoms with E-state index in [1.165, 1.54) is 11.1 Å². The number of ether oxygens (including phenoxy) is 1. The van der Waals surface area contributed by atoms with E-state index in [0.717, 1.165) is 18.7 Å². The molecule has 2 aliphatic heterocycles. The molecule has 3 aliphatic rings. The Morgan fingerprint density at radius 2 is 2.22 bits per heavy atom. The zero-order valence-corrected chi connectivity index (χ0v) is 10.7. The van der Waals surface area contributed by atoms with Gasteiger partial charge in [-0.25, -0.2) is 0 Å². The molecule has 0 saturated carbocycles. The first-order chi connectivity index (χ1) is 8.45. The molecule has 3 rings (SSSR count). The number of allylic oxidation sites excluding steroid dienone is 1. The topological polar surface area (TPSA) is 67.8 Å². The van der Waals surface area contributed by atoms with Gasteiger partial charge < -0.3 is 15.6 Å². The van der Waals surface area contributed by atoms with Crippen molar-refractivity contribution in [2.75, 3.05) is 13.2 Å². The van der Waals surface area contributed by atoms with Gasteiger partial charge >= 0.3 is 0 Å². The molecule has 18 heavy (non-hydrogen) atoms. The molecule has 4 heteroatoms. The highest BCUT2D eigenvalue weighted by Gasteiger charge is 2.32. The number of hydrogen-bond acceptors (Lipinski definition) is 4. The fraction of sp³-hybridized carbons (Fsp3) is 0.500. The number of nitrogens with two attached hydrogens (primary N) is 1. The molecule has 0 amide bonds. The number of hydrogen-bond donors (Lipinski definition) is 2. The third-order valence-electron chi connectivity index (χ3n) is 3.63. The second-order valence-electron chi connectivity index (χ2n) is 5.64. The molecule has 1 atom stereocenters. The van der Waals surface area contributed by atoms with E-state index in [0.29, 0.717) is 18.0 Å². The van der Waals surface area contributed by atoms with E-state index in [-0.39, 0.29) is 5.92 Å². The van der Waals surface area contributed by atoms with Gasteiger partial charge in [-0.3, -0.25) is 4.99 Å². The summed E-state index contributed by atoms with van der Waals surface area (Å²) in [5, 5.41) is 10.1. The summed E-state index contributed by atoms with van der Waals surface area (Å²) in [7, 11) is 0. The van der Waals surface area contributed by atoms with Crippen LogP contribution >= 0.6 is 0 Å². The number of fused-ring (bicyclic) bond motifs is 1. The molecule has 1 aliphatic carbocycles. The third-order valence-corrected chi connectivity index (χ3v) is 3.63. The lowest BCUT2D eigenvalue weighted by Crippen LogP contribution is -2.38. The molecule has 96 valence electrons. The predicted molar refractivity (Wildman–Crippen MR) is 70.0 cm³/mol. The molecule has 1 unspecified atom stereocenters. The van der Waals surface area contributed by atoms with Crippen LogP contribution in [-0.2, 0) is 4.74 Å². The first kappa shape index (κ1) is 11.7. The van der Waals surface area contributed by atoms with Crippen molar-refractivity contribution < 1.29 is 9.84 Å². The maximum atomic E-state index is 10.1. The fourth-order valence-corrected chi connectivity index (χ4v) is 2.71. The Balaban J connectivity index is 2.02. The van der Waals surface area contributed by atoms with Gasteiger partial charge in [0.25, 0.3) is 0 Å². The second kappa shape index (κ2) is 3.80. The van der Waals surface area contributed by atoms with Gasteiger partial charge in [-0.1, -0.05) is 6.08 Å². The summed E-state index contributed by atoms with van der Waals surface area (Å²) in [6.07, 6.45) is 5.03. The van der Waals surface area contributed by atoms with Crippen molar-refractivity contribution in [3.63, 3.8) is 0 Å². The predicted octanol–water partition coefficient (Wildman–Crippen LogP) is 1.29. The molecule has 0 saturated heterocycles. The van der Waals surface area contributed by atoms with Gasteiger partial charge in [-0.05, 0) is 37.5 Å². The number of aliphatic hydroxyl groups is 1. The molecule has 4 nitrogen and oxygen atoms in total. The number of aliphatic imine (C=N–C) groups is 1. The Hall–Kier alpha value is -1.39. The van der Waals surface area contributed by atoms with Crippen LogP contribution in [-0.4, -0.2) is 29.6 Å². The monoisotopic (exact) mass is 246 g/mol. The highest BCUT2D eigenvalue weighted by Crippen LogP contribution is 2.37. The van der Waals surface area contributed by atoms with Gasteiger partial charge in [0.1, 0.15) is 5.60 Å². The quantitative estimate of drug-likeness (QED) is 0.732. The molecule has 0 spiro atoms. The maximum Gasteiger partial charge on any atom is 0.103 e. The molecular formula is C14H18N2O2. The van der Waals surface area contributed by atoms with E-state index >= 15 is 0 Å². The standard InChI is InChI=1S/C14H18N2O2/c1-14(2,17)13-11(15)4-8-3-9-6-18-7-10(9)5-12(8)16-13/h4-5,8,17H,3,6-7,15H2,1-2H3. The van der Waals surface area contributed by atoms with Crippen LogP contribution in [0.1, 0.15) is 20.3 Å². The van der Waals surface area contributed by atoms with E-state index in [2.05, 4.69) is 11.1 Å². The van der Waals surface area contributed by atoms with Crippen LogP contribution in [0.3, 0.4) is 0 Å². The van der Waals surface area contributed by atoms with Crippen LogP contribution in [0.5, 0.6) is 0 Å². The number of dihydropyridines is 1. The summed E-state index contributed by atoms with van der Waals surface area (Å²) >= 11 is 0. The Bertz CT molecular complexity index is 518. The van der Waals surface area contributed by atoms with Crippen LogP contribution in [0.15, 0.2) is 39.7 Å². The van der Waals surface area contributed by atoms with Gasteiger partial charge in [0.2, 0.25) is 0 Å². The van der Waals surface area contributed by atoms with E-state index in [1.807, 2.05) is 6.08 Å². The average Bonchev–Trinajstić information content (AvgIpc) is 2.70. The molecular weight excluding hydrogens is 228 g/mol. The summed E-state index contributed by atoms with van der Waals surface area (Å²) in [6.45, 7) is 4.82. The lowest BCUT2D eigenvalue weighted by atomic mass is 9.84.